The van der Waals surface area contributed by atoms with Gasteiger partial charge in [-0.05, 0) is 18.2 Å². The van der Waals surface area contributed by atoms with Crippen LogP contribution in [-0.4, -0.2) is 19.1 Å². The van der Waals surface area contributed by atoms with E-state index in [1.165, 1.54) is 134 Å². The van der Waals surface area contributed by atoms with Gasteiger partial charge in [-0.1, -0.05) is 36.4 Å². The monoisotopic (exact) mass is 901 g/mol. The molecule has 0 radical (unpaired) electrons. The first-order valence-electron chi connectivity index (χ1n) is 22.8. The first-order chi connectivity index (χ1) is 32.8. The second-order valence-electron chi connectivity index (χ2n) is 17.4. The number of fused-ring (bicyclic) bond motifs is 10. The van der Waals surface area contributed by atoms with Crippen LogP contribution in [0.2, 0.25) is 0 Å². The molecular formula is C64H39NSe. The summed E-state index contributed by atoms with van der Waals surface area (Å²) in [5, 5.41) is 15.5. The molecule has 12 aromatic carbocycles. The fourth-order valence-corrected chi connectivity index (χ4v) is 13.9. The Bertz CT molecular complexity index is 4160. The third kappa shape index (κ3) is 5.47. The van der Waals surface area contributed by atoms with Crippen molar-refractivity contribution in [3.8, 4) is 50.2 Å². The van der Waals surface area contributed by atoms with Gasteiger partial charge in [0.2, 0.25) is 0 Å². The normalized spacial score (nSPS) is 11.9. The Morgan fingerprint density at radius 1 is 0.273 bits per heavy atom. The summed E-state index contributed by atoms with van der Waals surface area (Å²) in [5.41, 5.74) is 13.9. The van der Waals surface area contributed by atoms with Crippen LogP contribution in [-0.2, 0) is 0 Å². The van der Waals surface area contributed by atoms with Gasteiger partial charge in [0.05, 0.1) is 0 Å². The first-order valence-corrected chi connectivity index (χ1v) is 24.5. The predicted octanol–water partition coefficient (Wildman–Crippen LogP) is 17.4. The predicted molar refractivity (Wildman–Crippen MR) is 285 cm³/mol. The van der Waals surface area contributed by atoms with Crippen LogP contribution in [0.15, 0.2) is 237 Å². The Balaban J connectivity index is 1.03. The second kappa shape index (κ2) is 14.8. The SMILES string of the molecule is c1ccc(-c2c3ccccc3c(-c3cccc4c3[se]c3cccc(-c5c6ccccc6c(-c6ccc7c8ccccc8n(-c8ccccc8)c7c6)c6ccccc56)c34)c3ccccc23)cc1. The Labute approximate surface area is 387 Å². The van der Waals surface area contributed by atoms with Gasteiger partial charge in [-0.15, -0.1) is 0 Å². The molecule has 0 spiro atoms. The average molecular weight is 901 g/mol. The van der Waals surface area contributed by atoms with Gasteiger partial charge in [-0.3, -0.25) is 0 Å². The van der Waals surface area contributed by atoms with E-state index in [0.29, 0.717) is 0 Å². The van der Waals surface area contributed by atoms with Gasteiger partial charge < -0.3 is 0 Å². The van der Waals surface area contributed by atoms with Crippen LogP contribution in [0.1, 0.15) is 0 Å². The van der Waals surface area contributed by atoms with E-state index in [1.807, 2.05) is 0 Å². The molecule has 0 aliphatic carbocycles. The molecule has 0 N–H and O–H groups in total. The molecule has 2 heteroatoms. The van der Waals surface area contributed by atoms with Gasteiger partial charge in [0.25, 0.3) is 0 Å². The number of benzene rings is 12. The molecule has 306 valence electrons. The molecule has 0 bridgehead atoms. The third-order valence-corrected chi connectivity index (χ3v) is 16.5. The number of para-hydroxylation sites is 2. The van der Waals surface area contributed by atoms with Crippen molar-refractivity contribution in [1.29, 1.82) is 0 Å². The van der Waals surface area contributed by atoms with Crippen molar-refractivity contribution in [3.05, 3.63) is 237 Å². The zero-order chi connectivity index (χ0) is 43.3. The maximum atomic E-state index is 2.43. The Morgan fingerprint density at radius 3 is 1.32 bits per heavy atom. The van der Waals surface area contributed by atoms with Crippen molar-refractivity contribution in [2.45, 2.75) is 0 Å². The number of hydrogen-bond acceptors (Lipinski definition) is 0. The molecule has 0 aliphatic heterocycles. The summed E-state index contributed by atoms with van der Waals surface area (Å²) in [7, 11) is 0. The molecular weight excluding hydrogens is 862 g/mol. The standard InChI is InChI=1S/C64H39NSe/c1-3-19-40(20-4-1)59-45-24-7-13-30-51(45)62(52-31-14-8-25-46(52)59)54-33-17-34-55-63-53(32-18-36-58(63)66-64(54)55)61-49-28-11-9-26-47(49)60(48-27-10-12-29-50(48)61)41-37-38-44-43-23-15-16-35-56(43)65(57(44)39-41)42-21-5-2-6-22-42/h1-39H. The van der Waals surface area contributed by atoms with Crippen molar-refractivity contribution in [2.24, 2.45) is 0 Å². The van der Waals surface area contributed by atoms with Gasteiger partial charge in [-0.25, -0.2) is 0 Å². The minimum atomic E-state index is 0.0930. The fraction of sp³-hybridized carbons (Fsp3) is 0. The quantitative estimate of drug-likeness (QED) is 0.120. The molecule has 0 saturated carbocycles. The van der Waals surface area contributed by atoms with E-state index in [2.05, 4.69) is 241 Å². The zero-order valence-electron chi connectivity index (χ0n) is 35.9. The fourth-order valence-electron chi connectivity index (χ4n) is 11.3. The Kier molecular flexibility index (Phi) is 8.37. The zero-order valence-corrected chi connectivity index (χ0v) is 37.6. The summed E-state index contributed by atoms with van der Waals surface area (Å²) >= 11 is 0.0930. The van der Waals surface area contributed by atoms with E-state index < -0.39 is 0 Å². The summed E-state index contributed by atoms with van der Waals surface area (Å²) < 4.78 is 5.33. The van der Waals surface area contributed by atoms with E-state index in [4.69, 9.17) is 0 Å². The van der Waals surface area contributed by atoms with Crippen molar-refractivity contribution < 1.29 is 0 Å². The first kappa shape index (κ1) is 37.4. The number of hydrogen-bond donors (Lipinski definition) is 0. The van der Waals surface area contributed by atoms with Crippen LogP contribution in [0.25, 0.3) is 134 Å². The summed E-state index contributed by atoms with van der Waals surface area (Å²) in [6.07, 6.45) is 0. The van der Waals surface area contributed by atoms with Crippen LogP contribution < -0.4 is 0 Å². The van der Waals surface area contributed by atoms with Crippen LogP contribution >= 0.6 is 0 Å². The van der Waals surface area contributed by atoms with Crippen LogP contribution in [0.4, 0.5) is 0 Å². The van der Waals surface area contributed by atoms with Crippen molar-refractivity contribution in [1.82, 2.24) is 4.57 Å². The van der Waals surface area contributed by atoms with Crippen molar-refractivity contribution in [3.63, 3.8) is 0 Å². The average Bonchev–Trinajstić information content (AvgIpc) is 3.94. The van der Waals surface area contributed by atoms with Crippen LogP contribution in [0.5, 0.6) is 0 Å². The summed E-state index contributed by atoms with van der Waals surface area (Å²) in [5.74, 6) is 0. The molecule has 2 heterocycles. The van der Waals surface area contributed by atoms with Crippen molar-refractivity contribution >= 4 is 98.7 Å². The minimum absolute atomic E-state index is 0.0930. The molecule has 0 atom stereocenters. The molecule has 0 fully saturated rings. The van der Waals surface area contributed by atoms with E-state index >= 15 is 0 Å². The molecule has 66 heavy (non-hydrogen) atoms. The van der Waals surface area contributed by atoms with Gasteiger partial charge in [0, 0.05) is 0 Å². The molecule has 0 saturated heterocycles. The van der Waals surface area contributed by atoms with Gasteiger partial charge in [-0.2, -0.15) is 0 Å². The molecule has 1 nitrogen and oxygen atoms in total. The van der Waals surface area contributed by atoms with Gasteiger partial charge >= 0.3 is 335 Å². The summed E-state index contributed by atoms with van der Waals surface area (Å²) in [4.78, 5) is 0. The Hall–Kier alpha value is -8.00. The molecule has 0 amide bonds. The maximum absolute atomic E-state index is 2.43. The molecule has 2 aromatic heterocycles. The van der Waals surface area contributed by atoms with E-state index in [9.17, 15) is 0 Å². The summed E-state index contributed by atoms with van der Waals surface area (Å²) in [6, 6.07) is 88.1. The van der Waals surface area contributed by atoms with Crippen LogP contribution in [0.3, 0.4) is 0 Å². The molecule has 0 aliphatic rings. The van der Waals surface area contributed by atoms with Crippen LogP contribution in [0, 0.1) is 0 Å². The van der Waals surface area contributed by atoms with E-state index in [1.54, 1.807) is 0 Å². The third-order valence-electron chi connectivity index (χ3n) is 14.0. The number of aromatic nitrogens is 1. The molecule has 14 aromatic rings. The summed E-state index contributed by atoms with van der Waals surface area (Å²) in [6.45, 7) is 0. The topological polar surface area (TPSA) is 4.93 Å². The van der Waals surface area contributed by atoms with Gasteiger partial charge in [0.15, 0.2) is 0 Å². The number of rotatable bonds is 5. The second-order valence-corrected chi connectivity index (χ2v) is 19.6. The molecule has 0 unspecified atom stereocenters. The molecule has 14 rings (SSSR count). The number of nitrogens with zero attached hydrogens (tertiary/aromatic N) is 1. The Morgan fingerprint density at radius 2 is 0.712 bits per heavy atom. The van der Waals surface area contributed by atoms with Gasteiger partial charge in [0.1, 0.15) is 0 Å². The van der Waals surface area contributed by atoms with E-state index in [0.717, 1.165) is 0 Å². The van der Waals surface area contributed by atoms with E-state index in [-0.39, 0.29) is 14.5 Å². The van der Waals surface area contributed by atoms with Crippen molar-refractivity contribution in [2.75, 3.05) is 0 Å².